The van der Waals surface area contributed by atoms with Crippen LogP contribution in [0, 0.1) is 10.1 Å². The zero-order valence-electron chi connectivity index (χ0n) is 15.1. The highest BCUT2D eigenvalue weighted by molar-refractivity contribution is 6.35. The number of para-hydroxylation sites is 1. The van der Waals surface area contributed by atoms with Gasteiger partial charge in [0.2, 0.25) is 0 Å². The molecule has 4 rings (SSSR count). The lowest BCUT2D eigenvalue weighted by Gasteiger charge is -2.09. The van der Waals surface area contributed by atoms with Crippen LogP contribution in [-0.4, -0.2) is 10.8 Å². The number of nitro benzene ring substituents is 1. The number of nitrogens with zero attached hydrogens (tertiary/aromatic N) is 1. The highest BCUT2D eigenvalue weighted by Crippen LogP contribution is 2.34. The van der Waals surface area contributed by atoms with E-state index in [0.29, 0.717) is 21.9 Å². The molecule has 0 saturated heterocycles. The fraction of sp³-hybridized carbons (Fsp3) is 0.0455. The Balaban J connectivity index is 1.52. The van der Waals surface area contributed by atoms with Gasteiger partial charge >= 0.3 is 0 Å². The van der Waals surface area contributed by atoms with Crippen LogP contribution in [0.1, 0.15) is 16.7 Å². The minimum Gasteiger partial charge on any atom is -0.487 e. The van der Waals surface area contributed by atoms with E-state index in [1.54, 1.807) is 36.4 Å². The number of amides is 1. The first-order valence-corrected chi connectivity index (χ1v) is 9.17. The lowest BCUT2D eigenvalue weighted by atomic mass is 10.0. The summed E-state index contributed by atoms with van der Waals surface area (Å²) in [7, 11) is 0. The van der Waals surface area contributed by atoms with Gasteiger partial charge in [0, 0.05) is 29.0 Å². The predicted octanol–water partition coefficient (Wildman–Crippen LogP) is 5.32. The largest absolute Gasteiger partial charge is 0.487 e. The number of carbonyl (C=O) groups excluding carboxylic acids is 1. The standard InChI is InChI=1S/C22H15ClN2O4/c23-19-12-14(11-18-17-6-1-2-7-20(17)24-22(18)26)8-9-21(19)29-13-15-4-3-5-16(10-15)25(27)28/h1-12H,13H2,(H,24,26)/b18-11-. The van der Waals surface area contributed by atoms with Crippen LogP contribution in [0.2, 0.25) is 5.02 Å². The minimum absolute atomic E-state index is 0.00860. The van der Waals surface area contributed by atoms with Gasteiger partial charge in [-0.05, 0) is 35.4 Å². The average molecular weight is 407 g/mol. The third-order valence-corrected chi connectivity index (χ3v) is 4.79. The van der Waals surface area contributed by atoms with Crippen LogP contribution in [0.3, 0.4) is 0 Å². The molecular formula is C22H15ClN2O4. The molecule has 0 bridgehead atoms. The van der Waals surface area contributed by atoms with E-state index < -0.39 is 4.92 Å². The maximum Gasteiger partial charge on any atom is 0.269 e. The van der Waals surface area contributed by atoms with Crippen LogP contribution in [0.4, 0.5) is 11.4 Å². The van der Waals surface area contributed by atoms with Gasteiger partial charge in [-0.3, -0.25) is 14.9 Å². The Labute approximate surface area is 171 Å². The lowest BCUT2D eigenvalue weighted by molar-refractivity contribution is -0.384. The number of fused-ring (bicyclic) bond motifs is 1. The van der Waals surface area contributed by atoms with E-state index in [0.717, 1.165) is 16.8 Å². The number of ether oxygens (including phenoxy) is 1. The van der Waals surface area contributed by atoms with Crippen molar-refractivity contribution in [2.24, 2.45) is 0 Å². The first-order chi connectivity index (χ1) is 14.0. The zero-order chi connectivity index (χ0) is 20.4. The molecule has 3 aromatic carbocycles. The highest BCUT2D eigenvalue weighted by Gasteiger charge is 2.23. The third kappa shape index (κ3) is 3.97. The fourth-order valence-electron chi connectivity index (χ4n) is 3.09. The molecule has 144 valence electrons. The van der Waals surface area contributed by atoms with Gasteiger partial charge in [0.05, 0.1) is 9.95 Å². The summed E-state index contributed by atoms with van der Waals surface area (Å²) in [4.78, 5) is 22.7. The van der Waals surface area contributed by atoms with Crippen molar-refractivity contribution in [2.75, 3.05) is 5.32 Å². The maximum absolute atomic E-state index is 12.2. The number of hydrogen-bond acceptors (Lipinski definition) is 4. The van der Waals surface area contributed by atoms with Crippen molar-refractivity contribution < 1.29 is 14.5 Å². The van der Waals surface area contributed by atoms with Crippen molar-refractivity contribution in [2.45, 2.75) is 6.61 Å². The Morgan fingerprint density at radius 3 is 2.69 bits per heavy atom. The van der Waals surface area contributed by atoms with E-state index >= 15 is 0 Å². The SMILES string of the molecule is O=C1Nc2ccccc2/C1=C/c1ccc(OCc2cccc([N+](=O)[O-])c2)c(Cl)c1. The van der Waals surface area contributed by atoms with Gasteiger partial charge in [-0.15, -0.1) is 0 Å². The van der Waals surface area contributed by atoms with Crippen LogP contribution in [0.15, 0.2) is 66.7 Å². The molecule has 3 aromatic rings. The second kappa shape index (κ2) is 7.77. The monoisotopic (exact) mass is 406 g/mol. The van der Waals surface area contributed by atoms with Gasteiger partial charge in [0.15, 0.2) is 0 Å². The molecule has 29 heavy (non-hydrogen) atoms. The topological polar surface area (TPSA) is 81.5 Å². The second-order valence-corrected chi connectivity index (χ2v) is 6.87. The minimum atomic E-state index is -0.448. The molecule has 1 heterocycles. The lowest BCUT2D eigenvalue weighted by Crippen LogP contribution is -2.03. The molecule has 0 radical (unpaired) electrons. The van der Waals surface area contributed by atoms with E-state index in [2.05, 4.69) is 5.32 Å². The summed E-state index contributed by atoms with van der Waals surface area (Å²) < 4.78 is 5.71. The Kier molecular flexibility index (Phi) is 5.01. The summed E-state index contributed by atoms with van der Waals surface area (Å²) in [5, 5.41) is 14.1. The molecule has 0 unspecified atom stereocenters. The van der Waals surface area contributed by atoms with Gasteiger partial charge < -0.3 is 10.1 Å². The predicted molar refractivity (Wildman–Crippen MR) is 112 cm³/mol. The fourth-order valence-corrected chi connectivity index (χ4v) is 3.34. The molecule has 0 aliphatic carbocycles. The van der Waals surface area contributed by atoms with Crippen LogP contribution < -0.4 is 10.1 Å². The maximum atomic E-state index is 12.2. The van der Waals surface area contributed by atoms with E-state index in [4.69, 9.17) is 16.3 Å². The van der Waals surface area contributed by atoms with Crippen molar-refractivity contribution in [1.82, 2.24) is 0 Å². The summed E-state index contributed by atoms with van der Waals surface area (Å²) in [5.41, 5.74) is 3.64. The molecule has 1 N–H and O–H groups in total. The number of carbonyl (C=O) groups is 1. The first kappa shape index (κ1) is 18.7. The summed E-state index contributed by atoms with van der Waals surface area (Å²) in [6.07, 6.45) is 1.78. The van der Waals surface area contributed by atoms with Gasteiger partial charge in [-0.2, -0.15) is 0 Å². The van der Waals surface area contributed by atoms with Crippen molar-refractivity contribution >= 4 is 40.5 Å². The number of nitrogens with one attached hydrogen (secondary N) is 1. The molecular weight excluding hydrogens is 392 g/mol. The van der Waals surface area contributed by atoms with E-state index in [1.165, 1.54) is 12.1 Å². The van der Waals surface area contributed by atoms with E-state index in [-0.39, 0.29) is 18.2 Å². The summed E-state index contributed by atoms with van der Waals surface area (Å²) in [5.74, 6) is 0.296. The molecule has 1 aliphatic heterocycles. The van der Waals surface area contributed by atoms with Crippen molar-refractivity contribution in [1.29, 1.82) is 0 Å². The number of rotatable bonds is 5. The molecule has 7 heteroatoms. The molecule has 0 saturated carbocycles. The molecule has 0 fully saturated rings. The van der Waals surface area contributed by atoms with Crippen molar-refractivity contribution in [3.8, 4) is 5.75 Å². The third-order valence-electron chi connectivity index (χ3n) is 4.49. The Hall–Kier alpha value is -3.64. The molecule has 0 aromatic heterocycles. The Bertz CT molecular complexity index is 1160. The van der Waals surface area contributed by atoms with Gasteiger partial charge in [-0.25, -0.2) is 0 Å². The van der Waals surface area contributed by atoms with Crippen molar-refractivity contribution in [3.63, 3.8) is 0 Å². The average Bonchev–Trinajstić information content (AvgIpc) is 3.03. The Morgan fingerprint density at radius 2 is 1.90 bits per heavy atom. The van der Waals surface area contributed by atoms with Crippen molar-refractivity contribution in [3.05, 3.63) is 98.6 Å². The van der Waals surface area contributed by atoms with E-state index in [9.17, 15) is 14.9 Å². The van der Waals surface area contributed by atoms with Crippen LogP contribution >= 0.6 is 11.6 Å². The van der Waals surface area contributed by atoms with Gasteiger partial charge in [0.25, 0.3) is 11.6 Å². The number of hydrogen-bond donors (Lipinski definition) is 1. The molecule has 0 spiro atoms. The number of benzene rings is 3. The summed E-state index contributed by atoms with van der Waals surface area (Å²) in [6, 6.07) is 19.0. The quantitative estimate of drug-likeness (QED) is 0.353. The number of anilines is 1. The smallest absolute Gasteiger partial charge is 0.269 e. The number of non-ortho nitro benzene ring substituents is 1. The zero-order valence-corrected chi connectivity index (χ0v) is 15.8. The second-order valence-electron chi connectivity index (χ2n) is 6.46. The van der Waals surface area contributed by atoms with E-state index in [1.807, 2.05) is 24.3 Å². The van der Waals surface area contributed by atoms with Crippen LogP contribution in [-0.2, 0) is 11.4 Å². The molecule has 6 nitrogen and oxygen atoms in total. The normalized spacial score (nSPS) is 13.8. The summed E-state index contributed by atoms with van der Waals surface area (Å²) >= 11 is 6.34. The molecule has 1 amide bonds. The van der Waals surface area contributed by atoms with Gasteiger partial charge in [-0.1, -0.05) is 48.0 Å². The van der Waals surface area contributed by atoms with Crippen LogP contribution in [0.5, 0.6) is 5.75 Å². The number of nitro groups is 1. The highest BCUT2D eigenvalue weighted by atomic mass is 35.5. The van der Waals surface area contributed by atoms with Gasteiger partial charge in [0.1, 0.15) is 12.4 Å². The molecule has 1 aliphatic rings. The Morgan fingerprint density at radius 1 is 1.07 bits per heavy atom. The summed E-state index contributed by atoms with van der Waals surface area (Å²) in [6.45, 7) is 0.150. The molecule has 0 atom stereocenters. The number of halogens is 1. The first-order valence-electron chi connectivity index (χ1n) is 8.79. The van der Waals surface area contributed by atoms with Crippen LogP contribution in [0.25, 0.3) is 11.6 Å².